The van der Waals surface area contributed by atoms with Crippen molar-refractivity contribution in [3.05, 3.63) is 36.0 Å². The summed E-state index contributed by atoms with van der Waals surface area (Å²) in [7, 11) is 5.71. The average molecular weight is 328 g/mol. The number of urea groups is 1. The summed E-state index contributed by atoms with van der Waals surface area (Å²) in [6.45, 7) is 2.25. The summed E-state index contributed by atoms with van der Waals surface area (Å²) >= 11 is 0. The van der Waals surface area contributed by atoms with E-state index in [9.17, 15) is 4.79 Å². The number of anilines is 2. The number of carbonyl (C=O) groups excluding carboxylic acids is 1. The number of fused-ring (bicyclic) bond motifs is 1. The van der Waals surface area contributed by atoms with Crippen molar-refractivity contribution in [1.29, 1.82) is 0 Å². The first-order valence-corrected chi connectivity index (χ1v) is 7.49. The fraction of sp³-hybridized carbons (Fsp3) is 0.333. The monoisotopic (exact) mass is 328 g/mol. The molecular formula is C15H20N8O. The summed E-state index contributed by atoms with van der Waals surface area (Å²) in [5, 5.41) is 9.92. The molecule has 0 radical (unpaired) electrons. The Hall–Kier alpha value is -3.10. The second kappa shape index (κ2) is 6.19. The van der Waals surface area contributed by atoms with Crippen molar-refractivity contribution in [1.82, 2.24) is 29.5 Å². The fourth-order valence-corrected chi connectivity index (χ4v) is 2.35. The highest BCUT2D eigenvalue weighted by molar-refractivity contribution is 5.88. The zero-order chi connectivity index (χ0) is 17.3. The van der Waals surface area contributed by atoms with Gasteiger partial charge in [0.05, 0.1) is 24.3 Å². The lowest BCUT2D eigenvalue weighted by Gasteiger charge is -2.15. The van der Waals surface area contributed by atoms with Crippen molar-refractivity contribution in [2.75, 3.05) is 24.3 Å². The summed E-state index contributed by atoms with van der Waals surface area (Å²) in [5.74, 6) is 1.29. The van der Waals surface area contributed by atoms with Crippen molar-refractivity contribution in [3.63, 3.8) is 0 Å². The van der Waals surface area contributed by atoms with Gasteiger partial charge < -0.3 is 14.8 Å². The predicted molar refractivity (Wildman–Crippen MR) is 91.1 cm³/mol. The third kappa shape index (κ3) is 3.29. The van der Waals surface area contributed by atoms with E-state index >= 15 is 0 Å². The number of nitrogens with one attached hydrogen (secondary N) is 2. The van der Waals surface area contributed by atoms with Gasteiger partial charge in [-0.05, 0) is 6.92 Å². The molecule has 0 saturated carbocycles. The lowest BCUT2D eigenvalue weighted by molar-refractivity contribution is 0.251. The Bertz CT molecular complexity index is 879. The van der Waals surface area contributed by atoms with E-state index < -0.39 is 0 Å². The largest absolute Gasteiger partial charge is 0.363 e. The molecule has 3 aromatic rings. The fourth-order valence-electron chi connectivity index (χ4n) is 2.35. The number of carbonyl (C=O) groups is 1. The van der Waals surface area contributed by atoms with Gasteiger partial charge in [0.2, 0.25) is 0 Å². The molecule has 0 aliphatic carbocycles. The van der Waals surface area contributed by atoms with Gasteiger partial charge in [-0.2, -0.15) is 9.61 Å². The van der Waals surface area contributed by atoms with Gasteiger partial charge >= 0.3 is 6.03 Å². The number of aromatic nitrogens is 5. The van der Waals surface area contributed by atoms with E-state index in [0.29, 0.717) is 18.0 Å². The molecule has 0 aliphatic heterocycles. The van der Waals surface area contributed by atoms with Gasteiger partial charge in [0.25, 0.3) is 0 Å². The third-order valence-corrected chi connectivity index (χ3v) is 3.42. The first-order chi connectivity index (χ1) is 11.4. The molecule has 0 unspecified atom stereocenters. The lowest BCUT2D eigenvalue weighted by atomic mass is 10.4. The highest BCUT2D eigenvalue weighted by atomic mass is 16.2. The van der Waals surface area contributed by atoms with E-state index in [0.717, 1.165) is 17.2 Å². The molecule has 24 heavy (non-hydrogen) atoms. The van der Waals surface area contributed by atoms with Gasteiger partial charge in [-0.3, -0.25) is 5.32 Å². The molecule has 2 amide bonds. The number of rotatable bonds is 4. The summed E-state index contributed by atoms with van der Waals surface area (Å²) < 4.78 is 3.57. The standard InChI is InChI=1S/C15H20N8O/c1-10-5-13-18-12(6-14(21(2)3)23(13)20-10)19-15(24)16-7-11-8-22(4)9-17-11/h5-6,8-9H,7H2,1-4H3,(H2,16,18,19,24). The van der Waals surface area contributed by atoms with Crippen LogP contribution in [0.2, 0.25) is 0 Å². The Morgan fingerprint density at radius 1 is 1.33 bits per heavy atom. The minimum Gasteiger partial charge on any atom is -0.363 e. The van der Waals surface area contributed by atoms with Crippen LogP contribution in [0.25, 0.3) is 5.65 Å². The number of nitrogens with zero attached hydrogens (tertiary/aromatic N) is 6. The molecule has 0 atom stereocenters. The maximum atomic E-state index is 12.1. The smallest absolute Gasteiger partial charge is 0.320 e. The highest BCUT2D eigenvalue weighted by Gasteiger charge is 2.11. The molecule has 3 aromatic heterocycles. The van der Waals surface area contributed by atoms with Crippen LogP contribution in [0.15, 0.2) is 24.7 Å². The maximum Gasteiger partial charge on any atom is 0.320 e. The molecule has 9 nitrogen and oxygen atoms in total. The topological polar surface area (TPSA) is 92.4 Å². The summed E-state index contributed by atoms with van der Waals surface area (Å²) in [6, 6.07) is 3.31. The number of hydrogen-bond acceptors (Lipinski definition) is 5. The molecule has 0 bridgehead atoms. The van der Waals surface area contributed by atoms with Crippen LogP contribution < -0.4 is 15.5 Å². The highest BCUT2D eigenvalue weighted by Crippen LogP contribution is 2.19. The van der Waals surface area contributed by atoms with Crippen LogP contribution in [0.1, 0.15) is 11.4 Å². The van der Waals surface area contributed by atoms with Gasteiger partial charge in [0, 0.05) is 39.5 Å². The van der Waals surface area contributed by atoms with Crippen molar-refractivity contribution in [2.45, 2.75) is 13.5 Å². The molecule has 2 N–H and O–H groups in total. The number of aryl methyl sites for hydroxylation is 2. The average Bonchev–Trinajstić information content (AvgIpc) is 3.08. The molecule has 126 valence electrons. The predicted octanol–water partition coefficient (Wildman–Crippen LogP) is 1.16. The maximum absolute atomic E-state index is 12.1. The van der Waals surface area contributed by atoms with Crippen LogP contribution in [0, 0.1) is 6.92 Å². The zero-order valence-electron chi connectivity index (χ0n) is 14.1. The second-order valence-electron chi connectivity index (χ2n) is 5.79. The van der Waals surface area contributed by atoms with Gasteiger partial charge in [-0.15, -0.1) is 0 Å². The Labute approximate surface area is 139 Å². The quantitative estimate of drug-likeness (QED) is 0.750. The van der Waals surface area contributed by atoms with Crippen LogP contribution in [0.4, 0.5) is 16.4 Å². The molecule has 0 aromatic carbocycles. The number of hydrogen-bond donors (Lipinski definition) is 2. The van der Waals surface area contributed by atoms with Crippen LogP contribution in [-0.2, 0) is 13.6 Å². The normalized spacial score (nSPS) is 10.8. The molecular weight excluding hydrogens is 308 g/mol. The Morgan fingerprint density at radius 2 is 2.12 bits per heavy atom. The summed E-state index contributed by atoms with van der Waals surface area (Å²) in [6.07, 6.45) is 3.54. The molecule has 3 heterocycles. The van der Waals surface area contributed by atoms with E-state index in [1.165, 1.54) is 0 Å². The molecule has 9 heteroatoms. The van der Waals surface area contributed by atoms with E-state index in [4.69, 9.17) is 0 Å². The van der Waals surface area contributed by atoms with Crippen molar-refractivity contribution in [3.8, 4) is 0 Å². The molecule has 0 aliphatic rings. The van der Waals surface area contributed by atoms with Gasteiger partial charge in [-0.25, -0.2) is 14.8 Å². The lowest BCUT2D eigenvalue weighted by Crippen LogP contribution is -2.29. The van der Waals surface area contributed by atoms with E-state index in [1.54, 1.807) is 16.9 Å². The van der Waals surface area contributed by atoms with Crippen LogP contribution in [0.5, 0.6) is 0 Å². The van der Waals surface area contributed by atoms with E-state index in [-0.39, 0.29) is 6.03 Å². The van der Waals surface area contributed by atoms with E-state index in [1.807, 2.05) is 49.8 Å². The Balaban J connectivity index is 1.75. The van der Waals surface area contributed by atoms with Crippen molar-refractivity contribution < 1.29 is 4.79 Å². The van der Waals surface area contributed by atoms with Crippen molar-refractivity contribution in [2.24, 2.45) is 7.05 Å². The summed E-state index contributed by atoms with van der Waals surface area (Å²) in [5.41, 5.74) is 2.33. The van der Waals surface area contributed by atoms with Gasteiger partial charge in [0.15, 0.2) is 5.65 Å². The van der Waals surface area contributed by atoms with E-state index in [2.05, 4.69) is 25.7 Å². The minimum atomic E-state index is -0.335. The Morgan fingerprint density at radius 3 is 2.79 bits per heavy atom. The molecule has 0 spiro atoms. The van der Waals surface area contributed by atoms with Crippen LogP contribution >= 0.6 is 0 Å². The van der Waals surface area contributed by atoms with Gasteiger partial charge in [0.1, 0.15) is 11.6 Å². The van der Waals surface area contributed by atoms with Crippen LogP contribution in [0.3, 0.4) is 0 Å². The number of imidazole rings is 1. The Kier molecular flexibility index (Phi) is 4.07. The summed E-state index contributed by atoms with van der Waals surface area (Å²) in [4.78, 5) is 22.6. The second-order valence-corrected chi connectivity index (χ2v) is 5.79. The first kappa shape index (κ1) is 15.8. The SMILES string of the molecule is Cc1cc2nc(NC(=O)NCc3cn(C)cn3)cc(N(C)C)n2n1. The molecule has 0 fully saturated rings. The minimum absolute atomic E-state index is 0.335. The molecule has 3 rings (SSSR count). The first-order valence-electron chi connectivity index (χ1n) is 7.49. The zero-order valence-corrected chi connectivity index (χ0v) is 14.1. The van der Waals surface area contributed by atoms with Crippen LogP contribution in [-0.4, -0.2) is 44.3 Å². The number of amides is 2. The third-order valence-electron chi connectivity index (χ3n) is 3.42. The van der Waals surface area contributed by atoms with Crippen molar-refractivity contribution >= 4 is 23.3 Å². The van der Waals surface area contributed by atoms with Gasteiger partial charge in [-0.1, -0.05) is 0 Å². The molecule has 0 saturated heterocycles.